The highest BCUT2D eigenvalue weighted by Crippen LogP contribution is 2.16. The lowest BCUT2D eigenvalue weighted by molar-refractivity contribution is -0.123. The summed E-state index contributed by atoms with van der Waals surface area (Å²) >= 11 is 5.80. The minimum atomic E-state index is -0.470. The van der Waals surface area contributed by atoms with Crippen molar-refractivity contribution in [2.75, 3.05) is 6.54 Å². The number of benzene rings is 1. The Hall–Kier alpha value is -0.970. The standard InChI is InChI=1S/C15H23ClN2O2.ClH/c1-4-10(2)14(17)15(19)18-9-11(3)20-13-7-5-12(16)6-8-13;/h5-8,10-11,14H,4,9,17H2,1-3H3,(H,18,19);1H. The van der Waals surface area contributed by atoms with Gasteiger partial charge in [-0.1, -0.05) is 31.9 Å². The maximum atomic E-state index is 11.8. The third-order valence-electron chi connectivity index (χ3n) is 3.27. The SMILES string of the molecule is CCC(C)C(N)C(=O)NCC(C)Oc1ccc(Cl)cc1.Cl. The first-order chi connectivity index (χ1) is 9.43. The van der Waals surface area contributed by atoms with Gasteiger partial charge in [-0.25, -0.2) is 0 Å². The van der Waals surface area contributed by atoms with E-state index in [9.17, 15) is 4.79 Å². The van der Waals surface area contributed by atoms with Crippen LogP contribution in [0.1, 0.15) is 27.2 Å². The van der Waals surface area contributed by atoms with Crippen LogP contribution in [0.25, 0.3) is 0 Å². The largest absolute Gasteiger partial charge is 0.489 e. The highest BCUT2D eigenvalue weighted by atomic mass is 35.5. The first-order valence-electron chi connectivity index (χ1n) is 6.89. The third-order valence-corrected chi connectivity index (χ3v) is 3.53. The molecule has 0 saturated heterocycles. The maximum Gasteiger partial charge on any atom is 0.237 e. The van der Waals surface area contributed by atoms with Crippen molar-refractivity contribution in [2.24, 2.45) is 11.7 Å². The molecule has 1 aromatic carbocycles. The molecule has 0 aliphatic carbocycles. The summed E-state index contributed by atoms with van der Waals surface area (Å²) < 4.78 is 5.67. The number of amides is 1. The van der Waals surface area contributed by atoms with Crippen LogP contribution in [-0.2, 0) is 4.79 Å². The van der Waals surface area contributed by atoms with E-state index in [1.807, 2.05) is 20.8 Å². The summed E-state index contributed by atoms with van der Waals surface area (Å²) in [5.41, 5.74) is 5.86. The molecule has 1 amide bonds. The first kappa shape index (κ1) is 20.0. The molecule has 0 bridgehead atoms. The Morgan fingerprint density at radius 2 is 1.90 bits per heavy atom. The molecule has 3 atom stereocenters. The van der Waals surface area contributed by atoms with E-state index in [0.717, 1.165) is 12.2 Å². The Bertz CT molecular complexity index is 426. The quantitative estimate of drug-likeness (QED) is 0.805. The number of nitrogens with two attached hydrogens (primary N) is 1. The lowest BCUT2D eigenvalue weighted by atomic mass is 9.99. The minimum Gasteiger partial charge on any atom is -0.489 e. The number of ether oxygens (including phenoxy) is 1. The Morgan fingerprint density at radius 1 is 1.33 bits per heavy atom. The lowest BCUT2D eigenvalue weighted by Crippen LogP contribution is -2.46. The van der Waals surface area contributed by atoms with Crippen LogP contribution in [0.5, 0.6) is 5.75 Å². The molecule has 0 spiro atoms. The molecule has 4 nitrogen and oxygen atoms in total. The van der Waals surface area contributed by atoms with Crippen LogP contribution in [0, 0.1) is 5.92 Å². The van der Waals surface area contributed by atoms with Gasteiger partial charge in [-0.2, -0.15) is 0 Å². The molecule has 0 heterocycles. The monoisotopic (exact) mass is 334 g/mol. The molecule has 0 aliphatic heterocycles. The summed E-state index contributed by atoms with van der Waals surface area (Å²) in [5.74, 6) is 0.760. The maximum absolute atomic E-state index is 11.8. The predicted octanol–water partition coefficient (Wildman–Crippen LogP) is 3.02. The van der Waals surface area contributed by atoms with Crippen LogP contribution in [0.15, 0.2) is 24.3 Å². The number of rotatable bonds is 7. The van der Waals surface area contributed by atoms with Gasteiger partial charge in [0.15, 0.2) is 0 Å². The van der Waals surface area contributed by atoms with E-state index in [2.05, 4.69) is 5.32 Å². The second-order valence-corrected chi connectivity index (χ2v) is 5.48. The van der Waals surface area contributed by atoms with Crippen molar-refractivity contribution >= 4 is 29.9 Å². The smallest absolute Gasteiger partial charge is 0.237 e. The first-order valence-corrected chi connectivity index (χ1v) is 7.27. The van der Waals surface area contributed by atoms with Crippen LogP contribution < -0.4 is 15.8 Å². The summed E-state index contributed by atoms with van der Waals surface area (Å²) in [5, 5.41) is 3.48. The predicted molar refractivity (Wildman–Crippen MR) is 89.2 cm³/mol. The molecule has 1 rings (SSSR count). The summed E-state index contributed by atoms with van der Waals surface area (Å²) in [6.07, 6.45) is 0.745. The van der Waals surface area contributed by atoms with E-state index in [-0.39, 0.29) is 30.3 Å². The molecule has 0 aromatic heterocycles. The number of halogens is 2. The van der Waals surface area contributed by atoms with Gasteiger partial charge >= 0.3 is 0 Å². The topological polar surface area (TPSA) is 64.4 Å². The third kappa shape index (κ3) is 7.02. The fourth-order valence-electron chi connectivity index (χ4n) is 1.66. The van der Waals surface area contributed by atoms with Gasteiger partial charge in [-0.3, -0.25) is 4.79 Å². The number of carbonyl (C=O) groups excluding carboxylic acids is 1. The molecule has 0 saturated carbocycles. The normalized spacial score (nSPS) is 14.5. The average molecular weight is 335 g/mol. The summed E-state index contributed by atoms with van der Waals surface area (Å²) in [6, 6.07) is 6.65. The van der Waals surface area contributed by atoms with Crippen LogP contribution >= 0.6 is 24.0 Å². The van der Waals surface area contributed by atoms with E-state index in [1.54, 1.807) is 24.3 Å². The van der Waals surface area contributed by atoms with Gasteiger partial charge < -0.3 is 15.8 Å². The molecular formula is C15H24Cl2N2O2. The van der Waals surface area contributed by atoms with Crippen molar-refractivity contribution in [3.8, 4) is 5.75 Å². The van der Waals surface area contributed by atoms with Gasteiger partial charge in [0.1, 0.15) is 11.9 Å². The molecule has 21 heavy (non-hydrogen) atoms. The van der Waals surface area contributed by atoms with Crippen molar-refractivity contribution in [3.05, 3.63) is 29.3 Å². The highest BCUT2D eigenvalue weighted by Gasteiger charge is 2.19. The highest BCUT2D eigenvalue weighted by molar-refractivity contribution is 6.30. The Labute approximate surface area is 137 Å². The van der Waals surface area contributed by atoms with E-state index in [4.69, 9.17) is 22.1 Å². The Kier molecular flexibility index (Phi) is 9.42. The average Bonchev–Trinajstić information content (AvgIpc) is 2.45. The van der Waals surface area contributed by atoms with Gasteiger partial charge in [-0.15, -0.1) is 12.4 Å². The number of hydrogen-bond acceptors (Lipinski definition) is 3. The Morgan fingerprint density at radius 3 is 2.43 bits per heavy atom. The van der Waals surface area contributed by atoms with Crippen LogP contribution in [0.3, 0.4) is 0 Å². The number of hydrogen-bond donors (Lipinski definition) is 2. The van der Waals surface area contributed by atoms with E-state index in [1.165, 1.54) is 0 Å². The molecule has 3 unspecified atom stereocenters. The van der Waals surface area contributed by atoms with E-state index < -0.39 is 6.04 Å². The lowest BCUT2D eigenvalue weighted by Gasteiger charge is -2.20. The second kappa shape index (κ2) is 9.87. The molecule has 1 aromatic rings. The molecular weight excluding hydrogens is 311 g/mol. The molecule has 120 valence electrons. The minimum absolute atomic E-state index is 0. The zero-order valence-corrected chi connectivity index (χ0v) is 14.2. The molecule has 0 aliphatic rings. The van der Waals surface area contributed by atoms with Crippen molar-refractivity contribution < 1.29 is 9.53 Å². The zero-order valence-electron chi connectivity index (χ0n) is 12.6. The Balaban J connectivity index is 0.00000400. The van der Waals surface area contributed by atoms with Gasteiger partial charge in [0, 0.05) is 5.02 Å². The van der Waals surface area contributed by atoms with E-state index in [0.29, 0.717) is 11.6 Å². The van der Waals surface area contributed by atoms with Crippen molar-refractivity contribution in [2.45, 2.75) is 39.3 Å². The molecule has 3 N–H and O–H groups in total. The summed E-state index contributed by atoms with van der Waals surface area (Å²) in [6.45, 7) is 6.30. The summed E-state index contributed by atoms with van der Waals surface area (Å²) in [7, 11) is 0. The van der Waals surface area contributed by atoms with Crippen molar-refractivity contribution in [1.82, 2.24) is 5.32 Å². The van der Waals surface area contributed by atoms with Crippen molar-refractivity contribution in [3.63, 3.8) is 0 Å². The molecule has 0 radical (unpaired) electrons. The fraction of sp³-hybridized carbons (Fsp3) is 0.533. The molecule has 0 fully saturated rings. The van der Waals surface area contributed by atoms with Crippen LogP contribution in [0.4, 0.5) is 0 Å². The fourth-order valence-corrected chi connectivity index (χ4v) is 1.79. The van der Waals surface area contributed by atoms with Gasteiger partial charge in [0.25, 0.3) is 0 Å². The van der Waals surface area contributed by atoms with Crippen LogP contribution in [0.2, 0.25) is 5.02 Å². The number of carbonyl (C=O) groups is 1. The summed E-state index contributed by atoms with van der Waals surface area (Å²) in [4.78, 5) is 11.8. The number of nitrogens with one attached hydrogen (secondary N) is 1. The van der Waals surface area contributed by atoms with E-state index >= 15 is 0 Å². The van der Waals surface area contributed by atoms with Gasteiger partial charge in [-0.05, 0) is 37.1 Å². The second-order valence-electron chi connectivity index (χ2n) is 5.04. The zero-order chi connectivity index (χ0) is 15.1. The van der Waals surface area contributed by atoms with Gasteiger partial charge in [0.2, 0.25) is 5.91 Å². The van der Waals surface area contributed by atoms with Crippen molar-refractivity contribution in [1.29, 1.82) is 0 Å². The van der Waals surface area contributed by atoms with Gasteiger partial charge in [0.05, 0.1) is 12.6 Å². The molecule has 6 heteroatoms. The van der Waals surface area contributed by atoms with Crippen LogP contribution in [-0.4, -0.2) is 24.6 Å².